The molecule has 2 fully saturated rings. The summed E-state index contributed by atoms with van der Waals surface area (Å²) in [4.78, 5) is 27.3. The fraction of sp³-hybridized carbons (Fsp3) is 0.455. The van der Waals surface area contributed by atoms with Crippen molar-refractivity contribution >= 4 is 11.6 Å². The van der Waals surface area contributed by atoms with E-state index in [1.807, 2.05) is 19.9 Å². The van der Waals surface area contributed by atoms with Gasteiger partial charge in [0.25, 0.3) is 5.56 Å². The molecular weight excluding hydrogens is 500 g/mol. The highest BCUT2D eigenvalue weighted by molar-refractivity contribution is 5.72. The second-order valence-electron chi connectivity index (χ2n) is 11.1. The predicted molar refractivity (Wildman–Crippen MR) is 163 cm³/mol. The van der Waals surface area contributed by atoms with Gasteiger partial charge in [0.05, 0.1) is 13.2 Å². The summed E-state index contributed by atoms with van der Waals surface area (Å²) < 4.78 is 5.44. The van der Waals surface area contributed by atoms with Crippen molar-refractivity contribution < 1.29 is 9.53 Å². The van der Waals surface area contributed by atoms with E-state index in [-0.39, 0.29) is 18.0 Å². The molecule has 0 radical (unpaired) electrons. The van der Waals surface area contributed by atoms with Crippen molar-refractivity contribution in [1.82, 2.24) is 15.2 Å². The first-order valence-electron chi connectivity index (χ1n) is 14.5. The van der Waals surface area contributed by atoms with Gasteiger partial charge in [-0.1, -0.05) is 49.2 Å². The minimum Gasteiger partial charge on any atom is -0.382 e. The fourth-order valence-corrected chi connectivity index (χ4v) is 5.38. The van der Waals surface area contributed by atoms with Crippen molar-refractivity contribution in [3.8, 4) is 11.1 Å². The Hall–Kier alpha value is -3.42. The minimum absolute atomic E-state index is 0.128. The Balaban J connectivity index is 0.000000224. The van der Waals surface area contributed by atoms with Crippen LogP contribution in [0, 0.1) is 20.8 Å². The Morgan fingerprint density at radius 3 is 2.27 bits per heavy atom. The highest BCUT2D eigenvalue weighted by Crippen LogP contribution is 2.29. The number of carbonyl (C=O) groups excluding carboxylic acids is 1. The lowest BCUT2D eigenvalue weighted by molar-refractivity contribution is -0.119. The quantitative estimate of drug-likeness (QED) is 0.367. The molecular formula is C33H44N4O3. The zero-order valence-electron chi connectivity index (χ0n) is 24.4. The third kappa shape index (κ3) is 8.54. The Labute approximate surface area is 238 Å². The van der Waals surface area contributed by atoms with Crippen LogP contribution in [0.3, 0.4) is 0 Å². The molecule has 2 aliphatic rings. The average Bonchev–Trinajstić information content (AvgIpc) is 3.44. The van der Waals surface area contributed by atoms with Gasteiger partial charge in [0.15, 0.2) is 0 Å². The van der Waals surface area contributed by atoms with Gasteiger partial charge >= 0.3 is 0 Å². The van der Waals surface area contributed by atoms with Gasteiger partial charge < -0.3 is 20.4 Å². The molecule has 5 rings (SSSR count). The zero-order chi connectivity index (χ0) is 28.5. The molecule has 0 atom stereocenters. The minimum atomic E-state index is -0.135. The summed E-state index contributed by atoms with van der Waals surface area (Å²) in [5, 5.41) is 6.37. The summed E-state index contributed by atoms with van der Waals surface area (Å²) in [7, 11) is 0. The van der Waals surface area contributed by atoms with Gasteiger partial charge in [-0.05, 0) is 73.6 Å². The van der Waals surface area contributed by atoms with Crippen LogP contribution in [-0.4, -0.2) is 48.1 Å². The van der Waals surface area contributed by atoms with E-state index in [2.05, 4.69) is 69.9 Å². The summed E-state index contributed by atoms with van der Waals surface area (Å²) in [6.45, 7) is 12.4. The summed E-state index contributed by atoms with van der Waals surface area (Å²) in [6.07, 6.45) is 5.34. The van der Waals surface area contributed by atoms with Crippen molar-refractivity contribution in [2.24, 2.45) is 0 Å². The lowest BCUT2D eigenvalue weighted by Gasteiger charge is -2.26. The second-order valence-corrected chi connectivity index (χ2v) is 11.1. The average molecular weight is 545 g/mol. The van der Waals surface area contributed by atoms with E-state index in [1.54, 1.807) is 0 Å². The zero-order valence-corrected chi connectivity index (χ0v) is 24.4. The maximum atomic E-state index is 11.5. The van der Waals surface area contributed by atoms with Crippen LogP contribution in [0.25, 0.3) is 11.1 Å². The van der Waals surface area contributed by atoms with Gasteiger partial charge in [0, 0.05) is 56.1 Å². The maximum absolute atomic E-state index is 11.5. The van der Waals surface area contributed by atoms with Crippen molar-refractivity contribution in [2.75, 3.05) is 31.6 Å². The lowest BCUT2D eigenvalue weighted by atomic mass is 10.0. The van der Waals surface area contributed by atoms with E-state index in [0.717, 1.165) is 44.1 Å². The van der Waals surface area contributed by atoms with E-state index in [0.29, 0.717) is 11.6 Å². The molecule has 7 heteroatoms. The number of aromatic amines is 1. The van der Waals surface area contributed by atoms with Crippen LogP contribution in [0.2, 0.25) is 0 Å². The lowest BCUT2D eigenvalue weighted by Crippen LogP contribution is -2.35. The number of amides is 1. The van der Waals surface area contributed by atoms with Gasteiger partial charge in [-0.2, -0.15) is 0 Å². The van der Waals surface area contributed by atoms with Crippen molar-refractivity contribution in [3.05, 3.63) is 86.8 Å². The number of morpholine rings is 1. The molecule has 3 aromatic rings. The van der Waals surface area contributed by atoms with E-state index in [4.69, 9.17) is 4.74 Å². The molecule has 40 heavy (non-hydrogen) atoms. The van der Waals surface area contributed by atoms with Gasteiger partial charge in [0.1, 0.15) is 0 Å². The van der Waals surface area contributed by atoms with Crippen LogP contribution in [0.1, 0.15) is 60.6 Å². The molecule has 2 heterocycles. The molecule has 1 saturated carbocycles. The molecule has 0 unspecified atom stereocenters. The smallest absolute Gasteiger partial charge is 0.253 e. The normalized spacial score (nSPS) is 15.8. The number of ether oxygens (including phenoxy) is 1. The number of nitrogens with one attached hydrogen (secondary N) is 3. The molecule has 3 N–H and O–H groups in total. The van der Waals surface area contributed by atoms with E-state index in [1.165, 1.54) is 60.5 Å². The third-order valence-corrected chi connectivity index (χ3v) is 7.76. The van der Waals surface area contributed by atoms with Crippen molar-refractivity contribution in [2.45, 2.75) is 72.5 Å². The third-order valence-electron chi connectivity index (χ3n) is 7.76. The van der Waals surface area contributed by atoms with E-state index in [9.17, 15) is 9.59 Å². The van der Waals surface area contributed by atoms with Crippen LogP contribution >= 0.6 is 0 Å². The number of benzene rings is 2. The topological polar surface area (TPSA) is 86.5 Å². The van der Waals surface area contributed by atoms with E-state index < -0.39 is 0 Å². The van der Waals surface area contributed by atoms with Gasteiger partial charge in [-0.15, -0.1) is 0 Å². The molecule has 0 bridgehead atoms. The standard InChI is InChI=1S/C23H30N2O.C10H14N2O2/c1-18-6-9-21(16-23(18)24-22-4-2-3-5-22)20-10-7-19(8-11-20)17-25-12-14-26-15-13-25;1-6-4-7(2)12-10(14)9(6)5-11-8(3)13/h6-11,16,22,24H,2-5,12-15,17H2,1H3;4H,5H2,1-3H3,(H,11,13)(H,12,14). The summed E-state index contributed by atoms with van der Waals surface area (Å²) >= 11 is 0. The highest BCUT2D eigenvalue weighted by Gasteiger charge is 2.16. The monoisotopic (exact) mass is 544 g/mol. The largest absolute Gasteiger partial charge is 0.382 e. The summed E-state index contributed by atoms with van der Waals surface area (Å²) in [6, 6.07) is 18.4. The van der Waals surface area contributed by atoms with Crippen LogP contribution in [0.4, 0.5) is 5.69 Å². The molecule has 1 aliphatic heterocycles. The van der Waals surface area contributed by atoms with Crippen molar-refractivity contribution in [3.63, 3.8) is 0 Å². The van der Waals surface area contributed by atoms with Gasteiger partial charge in [-0.3, -0.25) is 14.5 Å². The number of H-pyrrole nitrogens is 1. The summed E-state index contributed by atoms with van der Waals surface area (Å²) in [5.74, 6) is -0.135. The Morgan fingerprint density at radius 1 is 0.950 bits per heavy atom. The fourth-order valence-electron chi connectivity index (χ4n) is 5.38. The molecule has 1 saturated heterocycles. The number of hydrogen-bond donors (Lipinski definition) is 3. The van der Waals surface area contributed by atoms with Crippen LogP contribution in [0.5, 0.6) is 0 Å². The molecule has 7 nitrogen and oxygen atoms in total. The molecule has 214 valence electrons. The van der Waals surface area contributed by atoms with Crippen LogP contribution in [-0.2, 0) is 22.6 Å². The van der Waals surface area contributed by atoms with E-state index >= 15 is 0 Å². The second kappa shape index (κ2) is 14.3. The Bertz CT molecular complexity index is 1320. The number of hydrogen-bond acceptors (Lipinski definition) is 5. The Morgan fingerprint density at radius 2 is 1.62 bits per heavy atom. The highest BCUT2D eigenvalue weighted by atomic mass is 16.5. The first-order valence-corrected chi connectivity index (χ1v) is 14.5. The summed E-state index contributed by atoms with van der Waals surface area (Å²) in [5.41, 5.74) is 8.84. The van der Waals surface area contributed by atoms with Crippen molar-refractivity contribution in [1.29, 1.82) is 0 Å². The molecule has 1 aromatic heterocycles. The number of carbonyl (C=O) groups is 1. The van der Waals surface area contributed by atoms with Gasteiger partial charge in [-0.25, -0.2) is 0 Å². The van der Waals surface area contributed by atoms with Gasteiger partial charge in [0.2, 0.25) is 5.91 Å². The van der Waals surface area contributed by atoms with Crippen LogP contribution < -0.4 is 16.2 Å². The number of aromatic nitrogens is 1. The Kier molecular flexibility index (Phi) is 10.6. The molecule has 1 aliphatic carbocycles. The maximum Gasteiger partial charge on any atom is 0.253 e. The predicted octanol–water partition coefficient (Wildman–Crippen LogP) is 5.48. The van der Waals surface area contributed by atoms with Crippen LogP contribution in [0.15, 0.2) is 53.3 Å². The molecule has 1 amide bonds. The first kappa shape index (κ1) is 29.6. The number of nitrogens with zero attached hydrogens (tertiary/aromatic N) is 1. The number of aryl methyl sites for hydroxylation is 3. The molecule has 0 spiro atoms. The number of rotatable bonds is 7. The first-order chi connectivity index (χ1) is 19.3. The molecule has 2 aromatic carbocycles. The SMILES string of the molecule is CC(=O)NCc1c(C)cc(C)[nH]c1=O.Cc1ccc(-c2ccc(CN3CCOCC3)cc2)cc1NC1CCCC1. The number of anilines is 1. The number of pyridine rings is 1.